The lowest BCUT2D eigenvalue weighted by atomic mass is 10.0. The van der Waals surface area contributed by atoms with Gasteiger partial charge in [0.15, 0.2) is 0 Å². The van der Waals surface area contributed by atoms with E-state index in [-0.39, 0.29) is 6.04 Å². The molecule has 0 spiro atoms. The third-order valence-corrected chi connectivity index (χ3v) is 3.95. The van der Waals surface area contributed by atoms with E-state index in [2.05, 4.69) is 38.7 Å². The SMILES string of the molecule is CCC(N)Cc1cnc(N(CC(C)C)C2CC2)c(C)c1. The van der Waals surface area contributed by atoms with E-state index in [1.165, 1.54) is 29.8 Å². The van der Waals surface area contributed by atoms with Crippen LogP contribution in [0, 0.1) is 12.8 Å². The number of hydrogen-bond acceptors (Lipinski definition) is 3. The van der Waals surface area contributed by atoms with Crippen LogP contribution in [0.25, 0.3) is 0 Å². The predicted molar refractivity (Wildman–Crippen MR) is 86.2 cm³/mol. The first-order valence-corrected chi connectivity index (χ1v) is 7.99. The van der Waals surface area contributed by atoms with Crippen LogP contribution < -0.4 is 10.6 Å². The summed E-state index contributed by atoms with van der Waals surface area (Å²) in [4.78, 5) is 7.25. The van der Waals surface area contributed by atoms with Crippen LogP contribution in [-0.4, -0.2) is 23.6 Å². The molecule has 0 aliphatic heterocycles. The van der Waals surface area contributed by atoms with Crippen molar-refractivity contribution in [1.82, 2.24) is 4.98 Å². The van der Waals surface area contributed by atoms with Crippen molar-refractivity contribution in [2.75, 3.05) is 11.4 Å². The van der Waals surface area contributed by atoms with Crippen molar-refractivity contribution < 1.29 is 0 Å². The second-order valence-corrected chi connectivity index (χ2v) is 6.63. The number of pyridine rings is 1. The number of rotatable bonds is 7. The zero-order valence-electron chi connectivity index (χ0n) is 13.4. The summed E-state index contributed by atoms with van der Waals surface area (Å²) in [6.07, 6.45) is 6.60. The summed E-state index contributed by atoms with van der Waals surface area (Å²) in [6.45, 7) is 9.97. The average Bonchev–Trinajstić information content (AvgIpc) is 3.20. The number of nitrogens with two attached hydrogens (primary N) is 1. The maximum atomic E-state index is 6.04. The molecule has 3 nitrogen and oxygen atoms in total. The highest BCUT2D eigenvalue weighted by Crippen LogP contribution is 2.33. The normalized spacial score (nSPS) is 16.5. The highest BCUT2D eigenvalue weighted by Gasteiger charge is 2.31. The Kier molecular flexibility index (Phi) is 5.03. The number of anilines is 1. The van der Waals surface area contributed by atoms with Gasteiger partial charge in [0.05, 0.1) is 0 Å². The number of aryl methyl sites for hydroxylation is 1. The maximum absolute atomic E-state index is 6.04. The van der Waals surface area contributed by atoms with E-state index >= 15 is 0 Å². The highest BCUT2D eigenvalue weighted by molar-refractivity contribution is 5.49. The van der Waals surface area contributed by atoms with Crippen molar-refractivity contribution in [2.45, 2.75) is 65.5 Å². The molecule has 0 aromatic carbocycles. The molecular formula is C17H29N3. The Balaban J connectivity index is 2.14. The minimum atomic E-state index is 0.247. The molecule has 0 radical (unpaired) electrons. The molecule has 2 rings (SSSR count). The van der Waals surface area contributed by atoms with Gasteiger partial charge in [0.2, 0.25) is 0 Å². The summed E-state index contributed by atoms with van der Waals surface area (Å²) in [5, 5.41) is 0. The van der Waals surface area contributed by atoms with Gasteiger partial charge in [0.1, 0.15) is 5.82 Å². The van der Waals surface area contributed by atoms with Gasteiger partial charge in [0.25, 0.3) is 0 Å². The smallest absolute Gasteiger partial charge is 0.131 e. The quantitative estimate of drug-likeness (QED) is 0.830. The van der Waals surface area contributed by atoms with Crippen molar-refractivity contribution in [1.29, 1.82) is 0 Å². The molecule has 0 saturated heterocycles. The summed E-state index contributed by atoms with van der Waals surface area (Å²) in [7, 11) is 0. The van der Waals surface area contributed by atoms with Crippen LogP contribution in [0.3, 0.4) is 0 Å². The van der Waals surface area contributed by atoms with E-state index in [0.29, 0.717) is 12.0 Å². The zero-order valence-corrected chi connectivity index (χ0v) is 13.4. The molecule has 1 heterocycles. The molecule has 1 aromatic heterocycles. The third-order valence-electron chi connectivity index (χ3n) is 3.95. The fourth-order valence-corrected chi connectivity index (χ4v) is 2.67. The first-order valence-electron chi connectivity index (χ1n) is 7.99. The van der Waals surface area contributed by atoms with Gasteiger partial charge in [-0.05, 0) is 49.7 Å². The second kappa shape index (κ2) is 6.57. The van der Waals surface area contributed by atoms with Crippen molar-refractivity contribution in [2.24, 2.45) is 11.7 Å². The molecule has 112 valence electrons. The van der Waals surface area contributed by atoms with Crippen LogP contribution in [0.1, 0.15) is 51.2 Å². The Morgan fingerprint density at radius 2 is 2.10 bits per heavy atom. The summed E-state index contributed by atoms with van der Waals surface area (Å²) >= 11 is 0. The minimum Gasteiger partial charge on any atom is -0.353 e. The van der Waals surface area contributed by atoms with Gasteiger partial charge in [-0.15, -0.1) is 0 Å². The van der Waals surface area contributed by atoms with Crippen LogP contribution in [0.15, 0.2) is 12.3 Å². The molecule has 0 bridgehead atoms. The van der Waals surface area contributed by atoms with E-state index in [4.69, 9.17) is 10.7 Å². The van der Waals surface area contributed by atoms with Crippen molar-refractivity contribution >= 4 is 5.82 Å². The zero-order chi connectivity index (χ0) is 14.7. The van der Waals surface area contributed by atoms with E-state index in [1.807, 2.05) is 6.20 Å². The molecule has 1 saturated carbocycles. The molecular weight excluding hydrogens is 246 g/mol. The Morgan fingerprint density at radius 3 is 2.60 bits per heavy atom. The van der Waals surface area contributed by atoms with Crippen LogP contribution in [0.5, 0.6) is 0 Å². The van der Waals surface area contributed by atoms with Crippen molar-refractivity contribution in [3.8, 4) is 0 Å². The fraction of sp³-hybridized carbons (Fsp3) is 0.706. The van der Waals surface area contributed by atoms with Crippen molar-refractivity contribution in [3.63, 3.8) is 0 Å². The number of nitrogens with zero attached hydrogens (tertiary/aromatic N) is 2. The van der Waals surface area contributed by atoms with E-state index in [9.17, 15) is 0 Å². The highest BCUT2D eigenvalue weighted by atomic mass is 15.2. The molecule has 20 heavy (non-hydrogen) atoms. The number of hydrogen-bond donors (Lipinski definition) is 1. The summed E-state index contributed by atoms with van der Waals surface area (Å²) in [5.41, 5.74) is 8.59. The molecule has 2 N–H and O–H groups in total. The fourth-order valence-electron chi connectivity index (χ4n) is 2.67. The average molecular weight is 275 g/mol. The van der Waals surface area contributed by atoms with Crippen LogP contribution in [0.4, 0.5) is 5.82 Å². The van der Waals surface area contributed by atoms with Gasteiger partial charge in [0, 0.05) is 24.8 Å². The summed E-state index contributed by atoms with van der Waals surface area (Å²) in [5.74, 6) is 1.85. The van der Waals surface area contributed by atoms with Gasteiger partial charge in [-0.2, -0.15) is 0 Å². The van der Waals surface area contributed by atoms with Crippen LogP contribution in [0.2, 0.25) is 0 Å². The topological polar surface area (TPSA) is 42.1 Å². The van der Waals surface area contributed by atoms with Crippen LogP contribution >= 0.6 is 0 Å². The minimum absolute atomic E-state index is 0.247. The Labute approximate surface area is 123 Å². The molecule has 1 aliphatic rings. The lowest BCUT2D eigenvalue weighted by Gasteiger charge is -2.27. The van der Waals surface area contributed by atoms with Crippen molar-refractivity contribution in [3.05, 3.63) is 23.4 Å². The second-order valence-electron chi connectivity index (χ2n) is 6.63. The molecule has 1 aromatic rings. The van der Waals surface area contributed by atoms with Gasteiger partial charge >= 0.3 is 0 Å². The monoisotopic (exact) mass is 275 g/mol. The largest absolute Gasteiger partial charge is 0.353 e. The third kappa shape index (κ3) is 3.95. The lowest BCUT2D eigenvalue weighted by molar-refractivity contribution is 0.601. The maximum Gasteiger partial charge on any atom is 0.131 e. The van der Waals surface area contributed by atoms with Gasteiger partial charge in [-0.1, -0.05) is 26.8 Å². The van der Waals surface area contributed by atoms with Gasteiger partial charge in [-0.3, -0.25) is 0 Å². The summed E-state index contributed by atoms with van der Waals surface area (Å²) < 4.78 is 0. The van der Waals surface area contributed by atoms with E-state index in [0.717, 1.165) is 19.4 Å². The van der Waals surface area contributed by atoms with Crippen LogP contribution in [-0.2, 0) is 6.42 Å². The Hall–Kier alpha value is -1.09. The Bertz CT molecular complexity index is 438. The predicted octanol–water partition coefficient (Wildman–Crippen LogP) is 3.29. The van der Waals surface area contributed by atoms with Gasteiger partial charge in [-0.25, -0.2) is 4.98 Å². The lowest BCUT2D eigenvalue weighted by Crippen LogP contribution is -2.31. The molecule has 1 fully saturated rings. The molecule has 1 aliphatic carbocycles. The van der Waals surface area contributed by atoms with E-state index in [1.54, 1.807) is 0 Å². The molecule has 1 atom stereocenters. The Morgan fingerprint density at radius 1 is 1.40 bits per heavy atom. The van der Waals surface area contributed by atoms with Gasteiger partial charge < -0.3 is 10.6 Å². The standard InChI is InChI=1S/C17H29N3/c1-5-15(18)9-14-8-13(4)17(19-10-14)20(11-12(2)3)16-6-7-16/h8,10,12,15-16H,5-7,9,11,18H2,1-4H3. The molecule has 0 amide bonds. The summed E-state index contributed by atoms with van der Waals surface area (Å²) in [6, 6.07) is 3.23. The molecule has 3 heteroatoms. The first kappa shape index (κ1) is 15.3. The molecule has 1 unspecified atom stereocenters. The first-order chi connectivity index (χ1) is 9.51. The van der Waals surface area contributed by atoms with E-state index < -0.39 is 0 Å². The number of aromatic nitrogens is 1.